The smallest absolute Gasteiger partial charge is 0.337 e. The van der Waals surface area contributed by atoms with Crippen LogP contribution in [0.4, 0.5) is 5.69 Å². The first kappa shape index (κ1) is 25.5. The first-order valence-corrected chi connectivity index (χ1v) is 12.1. The zero-order chi connectivity index (χ0) is 24.7. The summed E-state index contributed by atoms with van der Waals surface area (Å²) >= 11 is 0. The van der Waals surface area contributed by atoms with Crippen molar-refractivity contribution < 1.29 is 37.0 Å². The number of morpholine rings is 1. The molecule has 10 nitrogen and oxygen atoms in total. The van der Waals surface area contributed by atoms with E-state index in [1.165, 1.54) is 35.7 Å². The monoisotopic (exact) mass is 492 g/mol. The minimum absolute atomic E-state index is 0.0347. The van der Waals surface area contributed by atoms with Gasteiger partial charge in [0.1, 0.15) is 11.5 Å². The van der Waals surface area contributed by atoms with Gasteiger partial charge in [-0.15, -0.1) is 0 Å². The predicted molar refractivity (Wildman–Crippen MR) is 124 cm³/mol. The Morgan fingerprint density at radius 1 is 1.12 bits per heavy atom. The fourth-order valence-corrected chi connectivity index (χ4v) is 4.66. The van der Waals surface area contributed by atoms with E-state index in [0.717, 1.165) is 0 Å². The lowest BCUT2D eigenvalue weighted by atomic mass is 10.2. The van der Waals surface area contributed by atoms with Crippen LogP contribution in [0.2, 0.25) is 0 Å². The van der Waals surface area contributed by atoms with Crippen molar-refractivity contribution in [3.8, 4) is 11.5 Å². The highest BCUT2D eigenvalue weighted by Crippen LogP contribution is 2.30. The third kappa shape index (κ3) is 6.46. The van der Waals surface area contributed by atoms with E-state index in [0.29, 0.717) is 24.7 Å². The van der Waals surface area contributed by atoms with Gasteiger partial charge in [0.2, 0.25) is 10.0 Å². The molecule has 1 amide bonds. The van der Waals surface area contributed by atoms with Crippen molar-refractivity contribution in [3.63, 3.8) is 0 Å². The molecule has 0 spiro atoms. The van der Waals surface area contributed by atoms with Gasteiger partial charge in [0.15, 0.2) is 6.61 Å². The second kappa shape index (κ2) is 11.3. The van der Waals surface area contributed by atoms with E-state index in [1.807, 2.05) is 13.8 Å². The van der Waals surface area contributed by atoms with Gasteiger partial charge in [-0.05, 0) is 50.2 Å². The first-order valence-electron chi connectivity index (χ1n) is 10.7. The predicted octanol–water partition coefficient (Wildman–Crippen LogP) is 2.30. The Morgan fingerprint density at radius 3 is 2.53 bits per heavy atom. The molecule has 0 bridgehead atoms. The number of nitrogens with zero attached hydrogens (tertiary/aromatic N) is 1. The largest absolute Gasteiger partial charge is 0.489 e. The summed E-state index contributed by atoms with van der Waals surface area (Å²) in [5.41, 5.74) is 0.494. The van der Waals surface area contributed by atoms with Gasteiger partial charge < -0.3 is 24.3 Å². The van der Waals surface area contributed by atoms with Crippen molar-refractivity contribution in [2.75, 3.05) is 45.3 Å². The number of methoxy groups -OCH3 is 1. The molecule has 0 unspecified atom stereocenters. The molecular weight excluding hydrogens is 464 g/mol. The van der Waals surface area contributed by atoms with Crippen LogP contribution >= 0.6 is 0 Å². The van der Waals surface area contributed by atoms with Crippen LogP contribution in [0.3, 0.4) is 0 Å². The summed E-state index contributed by atoms with van der Waals surface area (Å²) in [5.74, 6) is -0.418. The van der Waals surface area contributed by atoms with Gasteiger partial charge >= 0.3 is 5.97 Å². The standard InChI is InChI=1S/C23H28N2O8S/c1-16(2)33-21-8-7-19(34(28,29)25-9-11-31-12-10-25)14-20(21)24-22(26)15-32-18-6-4-5-17(13-18)23(27)30-3/h4-8,13-14,16H,9-12,15H2,1-3H3,(H,24,26). The molecule has 0 radical (unpaired) electrons. The number of rotatable bonds is 9. The Morgan fingerprint density at radius 2 is 1.85 bits per heavy atom. The zero-order valence-electron chi connectivity index (χ0n) is 19.3. The average molecular weight is 493 g/mol. The number of sulfonamides is 1. The normalized spacial score (nSPS) is 14.5. The van der Waals surface area contributed by atoms with Gasteiger partial charge in [0, 0.05) is 13.1 Å². The van der Waals surface area contributed by atoms with Crippen LogP contribution < -0.4 is 14.8 Å². The number of anilines is 1. The van der Waals surface area contributed by atoms with Crippen LogP contribution in [-0.2, 0) is 24.3 Å². The van der Waals surface area contributed by atoms with Gasteiger partial charge in [-0.2, -0.15) is 4.31 Å². The second-order valence-electron chi connectivity index (χ2n) is 7.70. The number of hydrogen-bond acceptors (Lipinski definition) is 8. The summed E-state index contributed by atoms with van der Waals surface area (Å²) in [5, 5.41) is 2.66. The van der Waals surface area contributed by atoms with Crippen molar-refractivity contribution in [1.29, 1.82) is 0 Å². The van der Waals surface area contributed by atoms with E-state index in [-0.39, 0.29) is 41.9 Å². The number of nitrogens with one attached hydrogen (secondary N) is 1. The molecule has 1 fully saturated rings. The lowest BCUT2D eigenvalue weighted by Gasteiger charge is -2.26. The highest BCUT2D eigenvalue weighted by molar-refractivity contribution is 7.89. The summed E-state index contributed by atoms with van der Waals surface area (Å²) in [6.45, 7) is 4.44. The third-order valence-corrected chi connectivity index (χ3v) is 6.72. The van der Waals surface area contributed by atoms with Crippen LogP contribution in [-0.4, -0.2) is 70.7 Å². The molecule has 34 heavy (non-hydrogen) atoms. The Labute approximate surface area is 198 Å². The molecule has 2 aromatic carbocycles. The molecular formula is C23H28N2O8S. The number of benzene rings is 2. The summed E-state index contributed by atoms with van der Waals surface area (Å²) in [7, 11) is -2.49. The Hall–Kier alpha value is -3.15. The molecule has 1 N–H and O–H groups in total. The van der Waals surface area contributed by atoms with Crippen molar-refractivity contribution >= 4 is 27.6 Å². The Kier molecular flexibility index (Phi) is 8.48. The van der Waals surface area contributed by atoms with Crippen molar-refractivity contribution in [3.05, 3.63) is 48.0 Å². The van der Waals surface area contributed by atoms with E-state index < -0.39 is 21.9 Å². The second-order valence-corrected chi connectivity index (χ2v) is 9.64. The zero-order valence-corrected chi connectivity index (χ0v) is 20.1. The van der Waals surface area contributed by atoms with Crippen LogP contribution in [0.1, 0.15) is 24.2 Å². The van der Waals surface area contributed by atoms with Gasteiger partial charge in [-0.3, -0.25) is 4.79 Å². The first-order chi connectivity index (χ1) is 16.2. The number of esters is 1. The molecule has 1 aliphatic rings. The molecule has 3 rings (SSSR count). The highest BCUT2D eigenvalue weighted by atomic mass is 32.2. The lowest BCUT2D eigenvalue weighted by molar-refractivity contribution is -0.118. The van der Waals surface area contributed by atoms with E-state index in [2.05, 4.69) is 10.1 Å². The van der Waals surface area contributed by atoms with Gasteiger partial charge in [-0.25, -0.2) is 13.2 Å². The number of hydrogen-bond donors (Lipinski definition) is 1. The topological polar surface area (TPSA) is 120 Å². The molecule has 0 aromatic heterocycles. The van der Waals surface area contributed by atoms with Crippen LogP contribution in [0.15, 0.2) is 47.4 Å². The Balaban J connectivity index is 1.76. The summed E-state index contributed by atoms with van der Waals surface area (Å²) in [6.07, 6.45) is -0.199. The number of ether oxygens (including phenoxy) is 4. The third-order valence-electron chi connectivity index (χ3n) is 4.82. The minimum Gasteiger partial charge on any atom is -0.489 e. The molecule has 2 aromatic rings. The number of carbonyl (C=O) groups excluding carboxylic acids is 2. The molecule has 1 aliphatic heterocycles. The molecule has 0 atom stereocenters. The lowest BCUT2D eigenvalue weighted by Crippen LogP contribution is -2.40. The number of amides is 1. The fraction of sp³-hybridized carbons (Fsp3) is 0.391. The van der Waals surface area contributed by atoms with E-state index in [9.17, 15) is 18.0 Å². The summed E-state index contributed by atoms with van der Waals surface area (Å²) in [4.78, 5) is 24.3. The maximum absolute atomic E-state index is 13.0. The summed E-state index contributed by atoms with van der Waals surface area (Å²) < 4.78 is 48.6. The van der Waals surface area contributed by atoms with E-state index in [4.69, 9.17) is 14.2 Å². The van der Waals surface area contributed by atoms with Gasteiger partial charge in [0.25, 0.3) is 5.91 Å². The average Bonchev–Trinajstić information content (AvgIpc) is 2.83. The van der Waals surface area contributed by atoms with Crippen molar-refractivity contribution in [2.45, 2.75) is 24.8 Å². The van der Waals surface area contributed by atoms with Crippen LogP contribution in [0, 0.1) is 0 Å². The Bertz CT molecular complexity index is 1130. The van der Waals surface area contributed by atoms with Crippen LogP contribution in [0.5, 0.6) is 11.5 Å². The van der Waals surface area contributed by atoms with Gasteiger partial charge in [0.05, 0.1) is 42.6 Å². The van der Waals surface area contributed by atoms with E-state index >= 15 is 0 Å². The molecule has 1 saturated heterocycles. The van der Waals surface area contributed by atoms with Crippen molar-refractivity contribution in [2.24, 2.45) is 0 Å². The maximum atomic E-state index is 13.0. The highest BCUT2D eigenvalue weighted by Gasteiger charge is 2.27. The molecule has 184 valence electrons. The quantitative estimate of drug-likeness (QED) is 0.530. The van der Waals surface area contributed by atoms with Crippen molar-refractivity contribution in [1.82, 2.24) is 4.31 Å². The molecule has 1 heterocycles. The van der Waals surface area contributed by atoms with Gasteiger partial charge in [-0.1, -0.05) is 6.07 Å². The minimum atomic E-state index is -3.76. The fourth-order valence-electron chi connectivity index (χ4n) is 3.23. The van der Waals surface area contributed by atoms with Crippen LogP contribution in [0.25, 0.3) is 0 Å². The molecule has 0 saturated carbocycles. The number of carbonyl (C=O) groups is 2. The SMILES string of the molecule is COC(=O)c1cccc(OCC(=O)Nc2cc(S(=O)(=O)N3CCOCC3)ccc2OC(C)C)c1. The molecule has 11 heteroatoms. The maximum Gasteiger partial charge on any atom is 0.337 e. The van der Waals surface area contributed by atoms with E-state index in [1.54, 1.807) is 18.2 Å². The summed E-state index contributed by atoms with van der Waals surface area (Å²) in [6, 6.07) is 10.6. The molecule has 0 aliphatic carbocycles.